The highest BCUT2D eigenvalue weighted by atomic mass is 79.9. The molecule has 0 amide bonds. The first-order valence-electron chi connectivity index (χ1n) is 8.54. The zero-order valence-electron chi connectivity index (χ0n) is 13.9. The number of nitrogens with zero attached hydrogens (tertiary/aromatic N) is 1. The van der Waals surface area contributed by atoms with Gasteiger partial charge in [-0.05, 0) is 66.1 Å². The molecule has 5 nitrogen and oxygen atoms in total. The average Bonchev–Trinajstić information content (AvgIpc) is 3.08. The number of esters is 1. The zero-order chi connectivity index (χ0) is 17.9. The highest BCUT2D eigenvalue weighted by Crippen LogP contribution is 2.31. The minimum atomic E-state index is -3.46. The van der Waals surface area contributed by atoms with Gasteiger partial charge in [0.15, 0.2) is 0 Å². The van der Waals surface area contributed by atoms with Crippen molar-refractivity contribution in [3.63, 3.8) is 0 Å². The number of sulfonamides is 1. The van der Waals surface area contributed by atoms with E-state index in [4.69, 9.17) is 4.74 Å². The van der Waals surface area contributed by atoms with Gasteiger partial charge in [0.1, 0.15) is 4.21 Å². The summed E-state index contributed by atoms with van der Waals surface area (Å²) in [4.78, 5) is 12.3. The molecule has 1 aliphatic carbocycles. The summed E-state index contributed by atoms with van der Waals surface area (Å²) in [5.74, 6) is 0.0535. The minimum absolute atomic E-state index is 0.175. The molecule has 0 spiro atoms. The molecule has 3 rings (SSSR count). The number of thiophene rings is 1. The Morgan fingerprint density at radius 2 is 2.00 bits per heavy atom. The zero-order valence-corrected chi connectivity index (χ0v) is 17.1. The van der Waals surface area contributed by atoms with Crippen molar-refractivity contribution in [2.75, 3.05) is 19.7 Å². The van der Waals surface area contributed by atoms with Crippen LogP contribution < -0.4 is 0 Å². The normalized spacial score (nSPS) is 22.8. The average molecular weight is 448 g/mol. The van der Waals surface area contributed by atoms with Crippen LogP contribution in [0.25, 0.3) is 0 Å². The Morgan fingerprint density at radius 3 is 2.60 bits per heavy atom. The van der Waals surface area contributed by atoms with Gasteiger partial charge in [-0.15, -0.1) is 11.3 Å². The molecule has 1 aliphatic heterocycles. The van der Waals surface area contributed by atoms with Crippen molar-refractivity contribution in [1.82, 2.24) is 4.31 Å². The summed E-state index contributed by atoms with van der Waals surface area (Å²) < 4.78 is 33.3. The predicted octanol–water partition coefficient (Wildman–Crippen LogP) is 3.81. The first kappa shape index (κ1) is 19.1. The maximum absolute atomic E-state index is 12.6. The van der Waals surface area contributed by atoms with Gasteiger partial charge in [0.05, 0.1) is 16.3 Å². The lowest BCUT2D eigenvalue weighted by atomic mass is 9.95. The van der Waals surface area contributed by atoms with Crippen LogP contribution in [0.4, 0.5) is 0 Å². The van der Waals surface area contributed by atoms with Gasteiger partial charge in [-0.1, -0.05) is 12.2 Å². The third-order valence-electron chi connectivity index (χ3n) is 4.77. The molecule has 1 saturated heterocycles. The van der Waals surface area contributed by atoms with Gasteiger partial charge in [-0.3, -0.25) is 4.79 Å². The summed E-state index contributed by atoms with van der Waals surface area (Å²) in [6.45, 7) is 1.21. The summed E-state index contributed by atoms with van der Waals surface area (Å²) in [6, 6.07) is 3.35. The third-order valence-corrected chi connectivity index (χ3v) is 8.76. The Hall–Kier alpha value is -0.700. The van der Waals surface area contributed by atoms with Crippen molar-refractivity contribution < 1.29 is 17.9 Å². The number of allylic oxidation sites excluding steroid dienone is 2. The van der Waals surface area contributed by atoms with E-state index in [2.05, 4.69) is 28.1 Å². The number of hydrogen-bond donors (Lipinski definition) is 0. The van der Waals surface area contributed by atoms with Gasteiger partial charge in [0.25, 0.3) is 10.0 Å². The van der Waals surface area contributed by atoms with Gasteiger partial charge in [0.2, 0.25) is 0 Å². The molecule has 1 fully saturated rings. The molecule has 0 aromatic carbocycles. The molecule has 1 atom stereocenters. The van der Waals surface area contributed by atoms with Crippen molar-refractivity contribution in [3.05, 3.63) is 28.1 Å². The molecule has 0 saturated carbocycles. The number of rotatable bonds is 5. The van der Waals surface area contributed by atoms with Gasteiger partial charge < -0.3 is 4.74 Å². The summed E-state index contributed by atoms with van der Waals surface area (Å²) >= 11 is 4.51. The Kier molecular flexibility index (Phi) is 6.35. The fourth-order valence-corrected chi connectivity index (χ4v) is 6.85. The van der Waals surface area contributed by atoms with Gasteiger partial charge >= 0.3 is 5.97 Å². The Labute approximate surface area is 161 Å². The van der Waals surface area contributed by atoms with Crippen LogP contribution in [0.2, 0.25) is 0 Å². The number of carbonyl (C=O) groups excluding carboxylic acids is 1. The molecule has 8 heteroatoms. The molecule has 138 valence electrons. The van der Waals surface area contributed by atoms with Crippen molar-refractivity contribution in [3.8, 4) is 0 Å². The molecular formula is C17H22BrNO4S2. The Bertz CT molecular complexity index is 736. The van der Waals surface area contributed by atoms with E-state index in [0.717, 1.165) is 23.0 Å². The van der Waals surface area contributed by atoms with Crippen LogP contribution in [-0.4, -0.2) is 38.4 Å². The second-order valence-corrected chi connectivity index (χ2v) is 11.1. The van der Waals surface area contributed by atoms with Crippen LogP contribution in [0, 0.1) is 11.8 Å². The standard InChI is InChI=1S/C17H22BrNO4S2/c18-15-6-7-16(24-15)25(21,22)19-10-8-14(9-11-19)17(20)23-12-13-4-2-1-3-5-13/h1-2,6-7,13-14H,3-5,8-12H2. The van der Waals surface area contributed by atoms with E-state index >= 15 is 0 Å². The first-order valence-corrected chi connectivity index (χ1v) is 11.6. The number of piperidine rings is 1. The van der Waals surface area contributed by atoms with E-state index in [-0.39, 0.29) is 11.9 Å². The van der Waals surface area contributed by atoms with Crippen molar-refractivity contribution in [1.29, 1.82) is 0 Å². The summed E-state index contributed by atoms with van der Waals surface area (Å²) in [5.41, 5.74) is 0. The molecule has 0 N–H and O–H groups in total. The Balaban J connectivity index is 1.49. The lowest BCUT2D eigenvalue weighted by molar-refractivity contribution is -0.151. The quantitative estimate of drug-likeness (QED) is 0.508. The van der Waals surface area contributed by atoms with E-state index in [1.165, 1.54) is 15.6 Å². The summed E-state index contributed by atoms with van der Waals surface area (Å²) in [6.07, 6.45) is 8.45. The maximum Gasteiger partial charge on any atom is 0.309 e. The van der Waals surface area contributed by atoms with Crippen molar-refractivity contribution in [2.45, 2.75) is 36.3 Å². The van der Waals surface area contributed by atoms with E-state index in [1.54, 1.807) is 12.1 Å². The lowest BCUT2D eigenvalue weighted by Gasteiger charge is -2.30. The summed E-state index contributed by atoms with van der Waals surface area (Å²) in [7, 11) is -3.46. The highest BCUT2D eigenvalue weighted by molar-refractivity contribution is 9.11. The van der Waals surface area contributed by atoms with Crippen LogP contribution in [0.3, 0.4) is 0 Å². The monoisotopic (exact) mass is 447 g/mol. The fourth-order valence-electron chi connectivity index (χ4n) is 3.22. The lowest BCUT2D eigenvalue weighted by Crippen LogP contribution is -2.40. The predicted molar refractivity (Wildman–Crippen MR) is 101 cm³/mol. The molecule has 25 heavy (non-hydrogen) atoms. The largest absolute Gasteiger partial charge is 0.465 e. The smallest absolute Gasteiger partial charge is 0.309 e. The second kappa shape index (κ2) is 8.33. The molecule has 2 heterocycles. The second-order valence-electron chi connectivity index (χ2n) is 6.52. The molecule has 2 aliphatic rings. The molecule has 1 unspecified atom stereocenters. The molecular weight excluding hydrogens is 426 g/mol. The van der Waals surface area contributed by atoms with E-state index in [0.29, 0.717) is 42.7 Å². The van der Waals surface area contributed by atoms with Crippen molar-refractivity contribution in [2.24, 2.45) is 11.8 Å². The van der Waals surface area contributed by atoms with Crippen LogP contribution in [0.5, 0.6) is 0 Å². The van der Waals surface area contributed by atoms with E-state index in [1.807, 2.05) is 0 Å². The van der Waals surface area contributed by atoms with Crippen LogP contribution >= 0.6 is 27.3 Å². The first-order chi connectivity index (χ1) is 12.0. The minimum Gasteiger partial charge on any atom is -0.465 e. The van der Waals surface area contributed by atoms with Crippen LogP contribution in [0.1, 0.15) is 32.1 Å². The van der Waals surface area contributed by atoms with E-state index < -0.39 is 10.0 Å². The van der Waals surface area contributed by atoms with Crippen LogP contribution in [0.15, 0.2) is 32.3 Å². The molecule has 0 radical (unpaired) electrons. The number of carbonyl (C=O) groups is 1. The SMILES string of the molecule is O=C(OCC1CC=CCC1)C1CCN(S(=O)(=O)c2ccc(Br)s2)CC1. The number of ether oxygens (including phenoxy) is 1. The molecule has 0 bridgehead atoms. The summed E-state index contributed by atoms with van der Waals surface area (Å²) in [5, 5.41) is 0. The number of halogens is 1. The third kappa shape index (κ3) is 4.72. The van der Waals surface area contributed by atoms with Gasteiger partial charge in [-0.2, -0.15) is 4.31 Å². The van der Waals surface area contributed by atoms with Gasteiger partial charge in [0, 0.05) is 13.1 Å². The Morgan fingerprint density at radius 1 is 1.24 bits per heavy atom. The molecule has 1 aromatic rings. The topological polar surface area (TPSA) is 63.7 Å². The fraction of sp³-hybridized carbons (Fsp3) is 0.588. The van der Waals surface area contributed by atoms with Crippen LogP contribution in [-0.2, 0) is 19.6 Å². The highest BCUT2D eigenvalue weighted by Gasteiger charge is 2.33. The number of hydrogen-bond acceptors (Lipinski definition) is 5. The van der Waals surface area contributed by atoms with Crippen molar-refractivity contribution >= 4 is 43.3 Å². The maximum atomic E-state index is 12.6. The van der Waals surface area contributed by atoms with Gasteiger partial charge in [-0.25, -0.2) is 8.42 Å². The van der Waals surface area contributed by atoms with E-state index in [9.17, 15) is 13.2 Å². The molecule has 1 aromatic heterocycles.